The zero-order chi connectivity index (χ0) is 24.6. The molecule has 0 fully saturated rings. The van der Waals surface area contributed by atoms with Crippen LogP contribution >= 0.6 is 0 Å². The van der Waals surface area contributed by atoms with Crippen molar-refractivity contribution >= 4 is 49.4 Å². The maximum Gasteiger partial charge on any atom is 0.0462 e. The predicted octanol–water partition coefficient (Wildman–Crippen LogP) is 10.3. The Kier molecular flexibility index (Phi) is 5.19. The second-order valence-corrected chi connectivity index (χ2v) is 9.44. The van der Waals surface area contributed by atoms with Gasteiger partial charge < -0.3 is 4.90 Å². The van der Waals surface area contributed by atoms with Crippen LogP contribution in [-0.2, 0) is 0 Å². The molecule has 7 aromatic rings. The molecule has 0 aliphatic heterocycles. The number of para-hydroxylation sites is 2. The van der Waals surface area contributed by atoms with E-state index in [1.54, 1.807) is 0 Å². The smallest absolute Gasteiger partial charge is 0.0462 e. The summed E-state index contributed by atoms with van der Waals surface area (Å²) in [4.78, 5) is 2.30. The molecule has 0 radical (unpaired) electrons. The van der Waals surface area contributed by atoms with Gasteiger partial charge in [0, 0.05) is 17.1 Å². The third-order valence-electron chi connectivity index (χ3n) is 7.21. The molecule has 1 heteroatoms. The average molecular weight is 472 g/mol. The molecule has 0 spiro atoms. The number of hydrogen-bond acceptors (Lipinski definition) is 1. The van der Waals surface area contributed by atoms with Gasteiger partial charge in [-0.05, 0) is 85.9 Å². The van der Waals surface area contributed by atoms with Gasteiger partial charge in [-0.1, -0.05) is 109 Å². The summed E-state index contributed by atoms with van der Waals surface area (Å²) >= 11 is 0. The van der Waals surface area contributed by atoms with E-state index in [0.29, 0.717) is 0 Å². The summed E-state index contributed by atoms with van der Waals surface area (Å²) < 4.78 is 0. The lowest BCUT2D eigenvalue weighted by molar-refractivity contribution is 1.28. The summed E-state index contributed by atoms with van der Waals surface area (Å²) in [5.74, 6) is 0. The molecular formula is C36H25N. The summed E-state index contributed by atoms with van der Waals surface area (Å²) in [5, 5.41) is 7.75. The molecule has 0 saturated carbocycles. The lowest BCUT2D eigenvalue weighted by atomic mass is 9.94. The van der Waals surface area contributed by atoms with Crippen molar-refractivity contribution in [1.29, 1.82) is 0 Å². The van der Waals surface area contributed by atoms with Crippen LogP contribution in [0.1, 0.15) is 0 Å². The van der Waals surface area contributed by atoms with Gasteiger partial charge in [-0.3, -0.25) is 0 Å². The summed E-state index contributed by atoms with van der Waals surface area (Å²) in [6, 6.07) is 54.4. The normalized spacial score (nSPS) is 11.2. The predicted molar refractivity (Wildman–Crippen MR) is 159 cm³/mol. The molecule has 1 nitrogen and oxygen atoms in total. The van der Waals surface area contributed by atoms with Gasteiger partial charge in [0.15, 0.2) is 0 Å². The fourth-order valence-corrected chi connectivity index (χ4v) is 5.41. The van der Waals surface area contributed by atoms with E-state index in [-0.39, 0.29) is 0 Å². The molecule has 0 unspecified atom stereocenters. The Balaban J connectivity index is 1.35. The molecule has 0 aliphatic carbocycles. The standard InChI is InChI=1S/C36H25N/c1-3-10-31(11-4-1)37(32-12-5-2-6-13-32)33-23-21-26(22-24-33)30-20-17-28-16-19-29-18-15-27-9-7-8-14-34(27)36(29)35(28)25-30/h1-25H. The highest BCUT2D eigenvalue weighted by molar-refractivity contribution is 6.20. The van der Waals surface area contributed by atoms with Crippen LogP contribution in [0.3, 0.4) is 0 Å². The van der Waals surface area contributed by atoms with Crippen LogP contribution in [0, 0.1) is 0 Å². The molecule has 0 aliphatic rings. The van der Waals surface area contributed by atoms with E-state index >= 15 is 0 Å². The summed E-state index contributed by atoms with van der Waals surface area (Å²) in [6.45, 7) is 0. The Bertz CT molecular complexity index is 1810. The molecule has 37 heavy (non-hydrogen) atoms. The van der Waals surface area contributed by atoms with Gasteiger partial charge in [0.1, 0.15) is 0 Å². The number of anilines is 3. The third kappa shape index (κ3) is 3.82. The first-order valence-electron chi connectivity index (χ1n) is 12.7. The van der Waals surface area contributed by atoms with Crippen LogP contribution in [0.4, 0.5) is 17.1 Å². The minimum absolute atomic E-state index is 1.14. The number of hydrogen-bond donors (Lipinski definition) is 0. The van der Waals surface area contributed by atoms with Crippen molar-refractivity contribution in [2.45, 2.75) is 0 Å². The molecule has 7 rings (SSSR count). The van der Waals surface area contributed by atoms with E-state index in [1.165, 1.54) is 43.4 Å². The molecular weight excluding hydrogens is 446 g/mol. The van der Waals surface area contributed by atoms with Gasteiger partial charge in [-0.25, -0.2) is 0 Å². The fraction of sp³-hybridized carbons (Fsp3) is 0. The van der Waals surface area contributed by atoms with Gasteiger partial charge in [0.25, 0.3) is 0 Å². The van der Waals surface area contributed by atoms with Crippen molar-refractivity contribution in [2.24, 2.45) is 0 Å². The fourth-order valence-electron chi connectivity index (χ4n) is 5.41. The zero-order valence-corrected chi connectivity index (χ0v) is 20.4. The van der Waals surface area contributed by atoms with E-state index in [4.69, 9.17) is 0 Å². The molecule has 0 N–H and O–H groups in total. The highest BCUT2D eigenvalue weighted by Gasteiger charge is 2.12. The van der Waals surface area contributed by atoms with Crippen molar-refractivity contribution in [3.63, 3.8) is 0 Å². The summed E-state index contributed by atoms with van der Waals surface area (Å²) in [5.41, 5.74) is 5.86. The lowest BCUT2D eigenvalue weighted by Crippen LogP contribution is -2.09. The quantitative estimate of drug-likeness (QED) is 0.231. The van der Waals surface area contributed by atoms with Gasteiger partial charge in [-0.15, -0.1) is 0 Å². The average Bonchev–Trinajstić information content (AvgIpc) is 2.98. The Hall–Kier alpha value is -4.88. The third-order valence-corrected chi connectivity index (χ3v) is 7.21. The highest BCUT2D eigenvalue weighted by Crippen LogP contribution is 2.37. The maximum atomic E-state index is 2.35. The topological polar surface area (TPSA) is 3.24 Å². The van der Waals surface area contributed by atoms with E-state index in [9.17, 15) is 0 Å². The van der Waals surface area contributed by atoms with Gasteiger partial charge in [0.2, 0.25) is 0 Å². The van der Waals surface area contributed by atoms with Crippen molar-refractivity contribution < 1.29 is 0 Å². The van der Waals surface area contributed by atoms with E-state index in [0.717, 1.165) is 17.1 Å². The molecule has 0 bridgehead atoms. The number of fused-ring (bicyclic) bond motifs is 5. The first-order valence-corrected chi connectivity index (χ1v) is 12.7. The highest BCUT2D eigenvalue weighted by atomic mass is 15.1. The largest absolute Gasteiger partial charge is 0.311 e. The lowest BCUT2D eigenvalue weighted by Gasteiger charge is -2.25. The SMILES string of the molecule is c1ccc(N(c2ccccc2)c2ccc(-c3ccc4ccc5ccc6ccccc6c5c4c3)cc2)cc1. The molecule has 0 atom stereocenters. The monoisotopic (exact) mass is 471 g/mol. The Labute approximate surface area is 216 Å². The van der Waals surface area contributed by atoms with Crippen molar-refractivity contribution in [3.8, 4) is 11.1 Å². The summed E-state index contributed by atoms with van der Waals surface area (Å²) in [7, 11) is 0. The molecule has 0 heterocycles. The zero-order valence-electron chi connectivity index (χ0n) is 20.4. The Morgan fingerprint density at radius 3 is 1.49 bits per heavy atom. The van der Waals surface area contributed by atoms with Gasteiger partial charge in [0.05, 0.1) is 0 Å². The maximum absolute atomic E-state index is 2.35. The van der Waals surface area contributed by atoms with Gasteiger partial charge >= 0.3 is 0 Å². The minimum atomic E-state index is 1.14. The molecule has 7 aromatic carbocycles. The molecule has 174 valence electrons. The second kappa shape index (κ2) is 8.96. The van der Waals surface area contributed by atoms with Crippen LogP contribution in [0.5, 0.6) is 0 Å². The van der Waals surface area contributed by atoms with Crippen molar-refractivity contribution in [3.05, 3.63) is 152 Å². The van der Waals surface area contributed by atoms with Crippen molar-refractivity contribution in [1.82, 2.24) is 0 Å². The van der Waals surface area contributed by atoms with Crippen molar-refractivity contribution in [2.75, 3.05) is 4.90 Å². The molecule has 0 saturated heterocycles. The van der Waals surface area contributed by atoms with E-state index in [1.807, 2.05) is 0 Å². The van der Waals surface area contributed by atoms with E-state index in [2.05, 4.69) is 157 Å². The van der Waals surface area contributed by atoms with Crippen LogP contribution in [0.2, 0.25) is 0 Å². The van der Waals surface area contributed by atoms with Gasteiger partial charge in [-0.2, -0.15) is 0 Å². The number of nitrogens with zero attached hydrogens (tertiary/aromatic N) is 1. The molecule has 0 aromatic heterocycles. The minimum Gasteiger partial charge on any atom is -0.311 e. The number of rotatable bonds is 4. The van der Waals surface area contributed by atoms with E-state index < -0.39 is 0 Å². The summed E-state index contributed by atoms with van der Waals surface area (Å²) in [6.07, 6.45) is 0. The van der Waals surface area contributed by atoms with Crippen LogP contribution in [0.25, 0.3) is 43.4 Å². The second-order valence-electron chi connectivity index (χ2n) is 9.44. The van der Waals surface area contributed by atoms with Crippen LogP contribution in [0.15, 0.2) is 152 Å². The number of benzene rings is 7. The molecule has 0 amide bonds. The Morgan fingerprint density at radius 2 is 0.811 bits per heavy atom. The van der Waals surface area contributed by atoms with Crippen LogP contribution in [-0.4, -0.2) is 0 Å². The van der Waals surface area contributed by atoms with Crippen LogP contribution < -0.4 is 4.90 Å². The first kappa shape index (κ1) is 21.4. The Morgan fingerprint density at radius 1 is 0.324 bits per heavy atom. The first-order chi connectivity index (χ1) is 18.3.